The van der Waals surface area contributed by atoms with E-state index >= 15 is 0 Å². The Hall–Kier alpha value is -2.41. The summed E-state index contributed by atoms with van der Waals surface area (Å²) in [4.78, 5) is 0. The van der Waals surface area contributed by atoms with Crippen LogP contribution < -0.4 is 0 Å². The van der Waals surface area contributed by atoms with E-state index in [1.807, 2.05) is 50.8 Å². The van der Waals surface area contributed by atoms with Gasteiger partial charge in [-0.2, -0.15) is 15.3 Å². The van der Waals surface area contributed by atoms with Crippen LogP contribution in [-0.4, -0.2) is 42.6 Å². The third-order valence-electron chi connectivity index (χ3n) is 3.26. The molecule has 0 aromatic carbocycles. The summed E-state index contributed by atoms with van der Waals surface area (Å²) in [6.07, 6.45) is 11.8. The number of rotatable bonds is 7. The topological polar surface area (TPSA) is 62.7 Å². The van der Waals surface area contributed by atoms with Crippen LogP contribution in [0.2, 0.25) is 0 Å². The van der Waals surface area contributed by atoms with Gasteiger partial charge in [-0.3, -0.25) is 0 Å². The van der Waals surface area contributed by atoms with Crippen LogP contribution in [0.15, 0.2) is 55.4 Å². The van der Waals surface area contributed by atoms with Gasteiger partial charge in [0.25, 0.3) is 5.79 Å². The second-order valence-electron chi connectivity index (χ2n) is 4.68. The molecule has 0 unspecified atom stereocenters. The zero-order chi connectivity index (χ0) is 14.5. The molecule has 0 fully saturated rings. The van der Waals surface area contributed by atoms with Gasteiger partial charge in [-0.05, 0) is 24.6 Å². The van der Waals surface area contributed by atoms with Crippen LogP contribution in [0.3, 0.4) is 0 Å². The van der Waals surface area contributed by atoms with Gasteiger partial charge in [-0.15, -0.1) is 0 Å². The molecule has 0 saturated carbocycles. The van der Waals surface area contributed by atoms with Crippen molar-refractivity contribution in [3.05, 3.63) is 55.4 Å². The van der Waals surface area contributed by atoms with Crippen LogP contribution in [-0.2, 0) is 10.5 Å². The molecule has 3 aromatic rings. The summed E-state index contributed by atoms with van der Waals surface area (Å²) in [5, 5.41) is 13.2. The van der Waals surface area contributed by atoms with E-state index in [0.717, 1.165) is 6.42 Å². The zero-order valence-electron chi connectivity index (χ0n) is 11.9. The first-order chi connectivity index (χ1) is 10.4. The van der Waals surface area contributed by atoms with Crippen molar-refractivity contribution < 1.29 is 4.74 Å². The average Bonchev–Trinajstić information content (AvgIpc) is 3.28. The first-order valence-electron chi connectivity index (χ1n) is 6.96. The summed E-state index contributed by atoms with van der Waals surface area (Å²) >= 11 is 0. The Kier molecular flexibility index (Phi) is 3.83. The maximum Gasteiger partial charge on any atom is 0.273 e. The molecule has 3 rings (SSSR count). The Morgan fingerprint density at radius 2 is 1.33 bits per heavy atom. The van der Waals surface area contributed by atoms with Crippen LogP contribution in [0.1, 0.15) is 13.3 Å². The second-order valence-corrected chi connectivity index (χ2v) is 4.68. The third-order valence-corrected chi connectivity index (χ3v) is 3.26. The van der Waals surface area contributed by atoms with Crippen molar-refractivity contribution >= 4 is 0 Å². The van der Waals surface area contributed by atoms with Crippen LogP contribution in [0, 0.1) is 0 Å². The minimum Gasteiger partial charge on any atom is -0.375 e. The molecule has 0 N–H and O–H groups in total. The highest BCUT2D eigenvalue weighted by Gasteiger charge is 2.38. The van der Waals surface area contributed by atoms with E-state index in [1.54, 1.807) is 18.6 Å². The summed E-state index contributed by atoms with van der Waals surface area (Å²) in [6, 6.07) is 5.63. The molecule has 110 valence electrons. The van der Waals surface area contributed by atoms with Gasteiger partial charge in [-0.25, -0.2) is 14.0 Å². The lowest BCUT2D eigenvalue weighted by atomic mass is 10.3. The van der Waals surface area contributed by atoms with Crippen LogP contribution in [0.5, 0.6) is 0 Å². The Bertz CT molecular complexity index is 545. The molecule has 0 aliphatic rings. The third kappa shape index (κ3) is 2.36. The van der Waals surface area contributed by atoms with Crippen LogP contribution in [0.25, 0.3) is 0 Å². The second kappa shape index (κ2) is 5.92. The summed E-state index contributed by atoms with van der Waals surface area (Å²) in [5.41, 5.74) is 0. The molecule has 0 amide bonds. The van der Waals surface area contributed by atoms with E-state index in [0.29, 0.717) is 13.2 Å². The Balaban J connectivity index is 2.11. The van der Waals surface area contributed by atoms with Gasteiger partial charge in [0.15, 0.2) is 0 Å². The fourth-order valence-electron chi connectivity index (χ4n) is 2.31. The predicted octanol–water partition coefficient (Wildman–Crippen LogP) is 1.41. The number of nitrogens with zero attached hydrogens (tertiary/aromatic N) is 6. The molecular formula is C14H18N6O. The highest BCUT2D eigenvalue weighted by Crippen LogP contribution is 2.20. The van der Waals surface area contributed by atoms with Gasteiger partial charge >= 0.3 is 0 Å². The Morgan fingerprint density at radius 1 is 0.857 bits per heavy atom. The van der Waals surface area contributed by atoms with Crippen molar-refractivity contribution in [1.29, 1.82) is 0 Å². The highest BCUT2D eigenvalue weighted by molar-refractivity contribution is 4.97. The monoisotopic (exact) mass is 286 g/mol. The maximum atomic E-state index is 5.84. The minimum atomic E-state index is -0.786. The van der Waals surface area contributed by atoms with E-state index in [-0.39, 0.29) is 0 Å². The molecule has 0 bridgehead atoms. The van der Waals surface area contributed by atoms with Crippen LogP contribution in [0.4, 0.5) is 0 Å². The van der Waals surface area contributed by atoms with Crippen molar-refractivity contribution in [2.24, 2.45) is 0 Å². The molecule has 0 radical (unpaired) electrons. The van der Waals surface area contributed by atoms with Crippen molar-refractivity contribution in [3.63, 3.8) is 0 Å². The molecule has 0 saturated heterocycles. The molecule has 0 atom stereocenters. The van der Waals surface area contributed by atoms with Gasteiger partial charge < -0.3 is 4.74 Å². The van der Waals surface area contributed by atoms with Gasteiger partial charge in [0.05, 0.1) is 0 Å². The molecule has 7 heteroatoms. The Labute approximate surface area is 122 Å². The van der Waals surface area contributed by atoms with Gasteiger partial charge in [-0.1, -0.05) is 6.92 Å². The van der Waals surface area contributed by atoms with E-state index in [9.17, 15) is 0 Å². The molecule has 0 spiro atoms. The average molecular weight is 286 g/mol. The summed E-state index contributed by atoms with van der Waals surface area (Å²) < 4.78 is 11.3. The lowest BCUT2D eigenvalue weighted by Crippen LogP contribution is -2.52. The van der Waals surface area contributed by atoms with E-state index < -0.39 is 5.79 Å². The molecule has 3 heterocycles. The summed E-state index contributed by atoms with van der Waals surface area (Å²) in [7, 11) is 0. The predicted molar refractivity (Wildman–Crippen MR) is 76.6 cm³/mol. The van der Waals surface area contributed by atoms with Crippen LogP contribution >= 0.6 is 0 Å². The van der Waals surface area contributed by atoms with Gasteiger partial charge in [0, 0.05) is 43.8 Å². The quantitative estimate of drug-likeness (QED) is 0.616. The van der Waals surface area contributed by atoms with Gasteiger partial charge in [0.2, 0.25) is 0 Å². The molecule has 7 nitrogen and oxygen atoms in total. The van der Waals surface area contributed by atoms with Crippen molar-refractivity contribution in [2.75, 3.05) is 13.2 Å². The standard InChI is InChI=1S/C14H18N6O/c1-2-12-21-13-14(18-9-3-6-15-18,19-10-4-7-16-19)20-11-5-8-17-20/h3-11H,2,12-13H2,1H3. The van der Waals surface area contributed by atoms with E-state index in [2.05, 4.69) is 22.2 Å². The molecule has 3 aromatic heterocycles. The molecule has 0 aliphatic heterocycles. The normalized spacial score (nSPS) is 11.9. The first kappa shape index (κ1) is 13.6. The Morgan fingerprint density at radius 3 is 1.67 bits per heavy atom. The zero-order valence-corrected chi connectivity index (χ0v) is 11.9. The minimum absolute atomic E-state index is 0.381. The molecular weight excluding hydrogens is 268 g/mol. The van der Waals surface area contributed by atoms with E-state index in [1.165, 1.54) is 0 Å². The summed E-state index contributed by atoms with van der Waals surface area (Å²) in [6.45, 7) is 3.13. The lowest BCUT2D eigenvalue weighted by molar-refractivity contribution is -0.0101. The van der Waals surface area contributed by atoms with Crippen molar-refractivity contribution in [2.45, 2.75) is 19.1 Å². The maximum absolute atomic E-state index is 5.84. The molecule has 21 heavy (non-hydrogen) atoms. The smallest absolute Gasteiger partial charge is 0.273 e. The van der Waals surface area contributed by atoms with Crippen molar-refractivity contribution in [3.8, 4) is 0 Å². The number of aromatic nitrogens is 6. The van der Waals surface area contributed by atoms with Crippen molar-refractivity contribution in [1.82, 2.24) is 29.3 Å². The number of hydrogen-bond donors (Lipinski definition) is 0. The summed E-state index contributed by atoms with van der Waals surface area (Å²) in [5.74, 6) is -0.786. The molecule has 0 aliphatic carbocycles. The SMILES string of the molecule is CCCOCC(n1cccn1)(n1cccn1)n1cccn1. The lowest BCUT2D eigenvalue weighted by Gasteiger charge is -2.34. The number of hydrogen-bond acceptors (Lipinski definition) is 4. The highest BCUT2D eigenvalue weighted by atomic mass is 16.5. The first-order valence-corrected chi connectivity index (χ1v) is 6.96. The van der Waals surface area contributed by atoms with Gasteiger partial charge in [0.1, 0.15) is 6.61 Å². The number of ether oxygens (including phenoxy) is 1. The fourth-order valence-corrected chi connectivity index (χ4v) is 2.31. The van der Waals surface area contributed by atoms with E-state index in [4.69, 9.17) is 4.74 Å². The fraction of sp³-hybridized carbons (Fsp3) is 0.357. The largest absolute Gasteiger partial charge is 0.375 e.